The lowest BCUT2D eigenvalue weighted by molar-refractivity contribution is 0.344. The Morgan fingerprint density at radius 2 is 0.933 bits per heavy atom. The van der Waals surface area contributed by atoms with Gasteiger partial charge in [-0.2, -0.15) is 0 Å². The topological polar surface area (TPSA) is 44.1 Å². The molecule has 0 aromatic rings. The van der Waals surface area contributed by atoms with E-state index in [0.29, 0.717) is 10.8 Å². The van der Waals surface area contributed by atoms with Crippen molar-refractivity contribution in [3.63, 3.8) is 0 Å². The molecule has 2 nitrogen and oxygen atoms in total. The summed E-state index contributed by atoms with van der Waals surface area (Å²) in [4.78, 5) is 0. The molecule has 1 N–H and O–H groups in total. The zero-order chi connectivity index (χ0) is 21.3. The van der Waals surface area contributed by atoms with Crippen molar-refractivity contribution >= 4 is 26.7 Å². The van der Waals surface area contributed by atoms with Gasteiger partial charge >= 0.3 is 10.9 Å². The minimum atomic E-state index is 0. The Labute approximate surface area is 191 Å². The number of rotatable bonds is 12. The Bertz CT molecular complexity index is 509. The highest BCUT2D eigenvalue weighted by Gasteiger charge is 2.55. The van der Waals surface area contributed by atoms with Crippen LogP contribution in [0, 0.1) is 10.8 Å². The minimum Gasteiger partial charge on any atom is -0.870 e. The monoisotopic (exact) mass is 455 g/mol. The molecule has 2 rings (SSSR count). The summed E-state index contributed by atoms with van der Waals surface area (Å²) in [5, 5.41) is 0. The molecule has 0 aromatic carbocycles. The molecule has 0 bridgehead atoms. The van der Waals surface area contributed by atoms with Gasteiger partial charge in [0.1, 0.15) is 0 Å². The molecule has 0 amide bonds. The van der Waals surface area contributed by atoms with E-state index in [1.165, 1.54) is 102 Å². The molecule has 0 spiro atoms. The number of nitrogens with zero attached hydrogens (tertiary/aromatic N) is 1. The van der Waals surface area contributed by atoms with Crippen molar-refractivity contribution in [1.82, 2.24) is 4.67 Å². The van der Waals surface area contributed by atoms with Crippen LogP contribution in [0.1, 0.15) is 119 Å². The molecule has 0 aliphatic carbocycles. The van der Waals surface area contributed by atoms with Gasteiger partial charge in [-0.25, -0.2) is 0 Å². The Balaban J connectivity index is 0.00000450. The summed E-state index contributed by atoms with van der Waals surface area (Å²) in [5.74, 6) is 0. The maximum Gasteiger partial charge on any atom is 0.305 e. The summed E-state index contributed by atoms with van der Waals surface area (Å²) in [6.45, 7) is 14.4. The fourth-order valence-electron chi connectivity index (χ4n) is 6.37. The SMILES string of the molecule is CCCP1CCC(CCC)(CCC)C1=[N+]=C1P(CCC)CCC1(CCC)CCC.[OH-]. The van der Waals surface area contributed by atoms with Crippen LogP contribution in [0.2, 0.25) is 0 Å². The first-order valence-electron chi connectivity index (χ1n) is 13.0. The lowest BCUT2D eigenvalue weighted by Crippen LogP contribution is -2.32. The van der Waals surface area contributed by atoms with Crippen LogP contribution in [0.15, 0.2) is 0 Å². The Kier molecular flexibility index (Phi) is 13.0. The van der Waals surface area contributed by atoms with E-state index >= 15 is 0 Å². The predicted octanol–water partition coefficient (Wildman–Crippen LogP) is 8.44. The first kappa shape index (κ1) is 28.3. The summed E-state index contributed by atoms with van der Waals surface area (Å²) in [7, 11) is 0.0309. The maximum absolute atomic E-state index is 5.95. The fraction of sp³-hybridized carbons (Fsp3) is 0.923. The van der Waals surface area contributed by atoms with Crippen molar-refractivity contribution in [1.29, 1.82) is 0 Å². The molecule has 176 valence electrons. The molecule has 0 radical (unpaired) electrons. The third-order valence-corrected chi connectivity index (χ3v) is 13.2. The summed E-state index contributed by atoms with van der Waals surface area (Å²) >= 11 is 0. The minimum absolute atomic E-state index is 0. The molecule has 2 heterocycles. The highest BCUT2D eigenvalue weighted by atomic mass is 31.1. The van der Waals surface area contributed by atoms with Gasteiger partial charge in [0, 0.05) is 15.8 Å². The Hall–Kier alpha value is 0.270. The van der Waals surface area contributed by atoms with E-state index in [-0.39, 0.29) is 21.3 Å². The normalized spacial score (nSPS) is 24.7. The second-order valence-corrected chi connectivity index (χ2v) is 14.6. The molecule has 0 saturated carbocycles. The summed E-state index contributed by atoms with van der Waals surface area (Å²) in [5.41, 5.74) is 4.43. The summed E-state index contributed by atoms with van der Waals surface area (Å²) < 4.78 is 5.95. The van der Waals surface area contributed by atoms with E-state index in [9.17, 15) is 0 Å². The molecule has 2 aliphatic heterocycles. The van der Waals surface area contributed by atoms with Crippen molar-refractivity contribution < 1.29 is 5.48 Å². The van der Waals surface area contributed by atoms with E-state index in [1.807, 2.05) is 0 Å². The van der Waals surface area contributed by atoms with Crippen LogP contribution < -0.4 is 4.67 Å². The van der Waals surface area contributed by atoms with Crippen LogP contribution in [0.25, 0.3) is 0 Å². The predicted molar refractivity (Wildman–Crippen MR) is 142 cm³/mol. The average Bonchev–Trinajstić information content (AvgIpc) is 3.18. The zero-order valence-electron chi connectivity index (χ0n) is 21.1. The lowest BCUT2D eigenvalue weighted by atomic mass is 9.77. The van der Waals surface area contributed by atoms with Crippen molar-refractivity contribution in [3.8, 4) is 0 Å². The van der Waals surface area contributed by atoms with Crippen LogP contribution >= 0.6 is 15.8 Å². The average molecular weight is 456 g/mol. The first-order valence-corrected chi connectivity index (χ1v) is 16.4. The number of hydrogen-bond acceptors (Lipinski definition) is 1. The quantitative estimate of drug-likeness (QED) is 0.215. The van der Waals surface area contributed by atoms with Crippen molar-refractivity contribution in [2.75, 3.05) is 24.6 Å². The highest BCUT2D eigenvalue weighted by Crippen LogP contribution is 2.60. The van der Waals surface area contributed by atoms with E-state index in [0.717, 1.165) is 0 Å². The zero-order valence-corrected chi connectivity index (χ0v) is 22.9. The molecule has 2 fully saturated rings. The second-order valence-electron chi connectivity index (χ2n) is 9.79. The van der Waals surface area contributed by atoms with E-state index in [2.05, 4.69) is 41.5 Å². The third-order valence-electron chi connectivity index (χ3n) is 7.38. The van der Waals surface area contributed by atoms with Crippen LogP contribution in [0.5, 0.6) is 0 Å². The van der Waals surface area contributed by atoms with Gasteiger partial charge in [-0.15, -0.1) is 0 Å². The van der Waals surface area contributed by atoms with Crippen LogP contribution in [0.4, 0.5) is 0 Å². The van der Waals surface area contributed by atoms with E-state index in [1.54, 1.807) is 10.9 Å². The largest absolute Gasteiger partial charge is 0.870 e. The van der Waals surface area contributed by atoms with Gasteiger partial charge in [0.2, 0.25) is 0 Å². The van der Waals surface area contributed by atoms with Crippen molar-refractivity contribution in [2.45, 2.75) is 119 Å². The second kappa shape index (κ2) is 13.7. The maximum atomic E-state index is 5.95. The van der Waals surface area contributed by atoms with Gasteiger partial charge < -0.3 is 5.48 Å². The van der Waals surface area contributed by atoms with Gasteiger partial charge in [0.15, 0.2) is 0 Å². The molecule has 30 heavy (non-hydrogen) atoms. The van der Waals surface area contributed by atoms with Crippen molar-refractivity contribution in [3.05, 3.63) is 0 Å². The van der Waals surface area contributed by atoms with E-state index in [4.69, 9.17) is 4.67 Å². The van der Waals surface area contributed by atoms with Crippen LogP contribution in [-0.2, 0) is 0 Å². The molecule has 0 aromatic heterocycles. The standard InChI is InChI=1S/C26H50NP2.H2O/c1-7-13-25(14-8-2)17-21-28(19-11-5)23(25)27-24-26(15-9-3,16-10-4)18-22-29(24)20-12-6;/h7-22H2,1-6H3;1H2/q+1;/p-1. The lowest BCUT2D eigenvalue weighted by Gasteiger charge is -2.26. The Morgan fingerprint density at radius 1 is 0.600 bits per heavy atom. The van der Waals surface area contributed by atoms with Crippen molar-refractivity contribution in [2.24, 2.45) is 10.8 Å². The number of hydrogen-bond donors (Lipinski definition) is 0. The van der Waals surface area contributed by atoms with Gasteiger partial charge in [-0.05, 0) is 63.2 Å². The highest BCUT2D eigenvalue weighted by molar-refractivity contribution is 7.77. The third kappa shape index (κ3) is 6.19. The first-order chi connectivity index (χ1) is 14.1. The van der Waals surface area contributed by atoms with Gasteiger partial charge in [-0.1, -0.05) is 84.7 Å². The Morgan fingerprint density at radius 3 is 1.20 bits per heavy atom. The van der Waals surface area contributed by atoms with Gasteiger partial charge in [0.25, 0.3) is 0 Å². The van der Waals surface area contributed by atoms with Crippen LogP contribution in [0.3, 0.4) is 0 Å². The smallest absolute Gasteiger partial charge is 0.305 e. The molecule has 2 saturated heterocycles. The molecular formula is C26H51NOP2. The molecule has 2 unspecified atom stereocenters. The molecule has 2 atom stereocenters. The molecular weight excluding hydrogens is 404 g/mol. The fourth-order valence-corrected chi connectivity index (χ4v) is 12.7. The molecule has 4 heteroatoms. The van der Waals surface area contributed by atoms with Crippen LogP contribution in [-0.4, -0.2) is 41.0 Å². The summed E-state index contributed by atoms with van der Waals surface area (Å²) in [6, 6.07) is 0. The van der Waals surface area contributed by atoms with Gasteiger partial charge in [-0.3, -0.25) is 0 Å². The summed E-state index contributed by atoms with van der Waals surface area (Å²) in [6.07, 6.45) is 22.2. The van der Waals surface area contributed by atoms with Gasteiger partial charge in [0.05, 0.1) is 10.8 Å². The van der Waals surface area contributed by atoms with E-state index < -0.39 is 0 Å². The molecule has 2 aliphatic rings.